The van der Waals surface area contributed by atoms with Gasteiger partial charge in [0.25, 0.3) is 0 Å². The third-order valence-corrected chi connectivity index (χ3v) is 2.56. The van der Waals surface area contributed by atoms with Crippen LogP contribution >= 0.6 is 0 Å². The molecule has 0 bridgehead atoms. The quantitative estimate of drug-likeness (QED) is 0.478. The van der Waals surface area contributed by atoms with E-state index in [-0.39, 0.29) is 25.2 Å². The van der Waals surface area contributed by atoms with Gasteiger partial charge in [-0.2, -0.15) is 0 Å². The van der Waals surface area contributed by atoms with Crippen LogP contribution in [0, 0.1) is 0 Å². The number of carbonyl (C=O) groups excluding carboxylic acids is 3. The molecule has 0 aliphatic carbocycles. The number of carbonyl (C=O) groups is 4. The highest BCUT2D eigenvalue weighted by molar-refractivity contribution is 6.01. The Labute approximate surface area is 103 Å². The third kappa shape index (κ3) is 3.72. The molecule has 0 aromatic carbocycles. The zero-order valence-corrected chi connectivity index (χ0v) is 9.86. The Hall–Kier alpha value is -2.12. The summed E-state index contributed by atoms with van der Waals surface area (Å²) in [6.45, 7) is 1.62. The topological polar surface area (TPSA) is 125 Å². The molecule has 0 saturated carbocycles. The Morgan fingerprint density at radius 3 is 2.67 bits per heavy atom. The molecule has 2 unspecified atom stereocenters. The number of nitrogens with one attached hydrogen (secondary N) is 3. The van der Waals surface area contributed by atoms with Gasteiger partial charge < -0.3 is 15.7 Å². The maximum atomic E-state index is 11.5. The first-order valence-corrected chi connectivity index (χ1v) is 5.57. The number of carboxylic acids is 1. The molecule has 1 rings (SSSR count). The van der Waals surface area contributed by atoms with E-state index in [1.807, 2.05) is 0 Å². The van der Waals surface area contributed by atoms with Crippen molar-refractivity contribution in [2.75, 3.05) is 0 Å². The highest BCUT2D eigenvalue weighted by Gasteiger charge is 2.28. The van der Waals surface area contributed by atoms with Gasteiger partial charge in [0.2, 0.25) is 11.8 Å². The highest BCUT2D eigenvalue weighted by Crippen LogP contribution is 2.04. The average Bonchev–Trinajstić information content (AvgIpc) is 2.29. The Morgan fingerprint density at radius 1 is 1.50 bits per heavy atom. The van der Waals surface area contributed by atoms with Gasteiger partial charge in [0, 0.05) is 6.42 Å². The van der Waals surface area contributed by atoms with Crippen LogP contribution in [0.2, 0.25) is 0 Å². The molecule has 1 heterocycles. The van der Waals surface area contributed by atoms with Crippen LogP contribution in [-0.2, 0) is 14.4 Å². The lowest BCUT2D eigenvalue weighted by Gasteiger charge is -2.22. The number of piperidine rings is 1. The number of aliphatic carboxylic acids is 1. The summed E-state index contributed by atoms with van der Waals surface area (Å²) in [5.41, 5.74) is 0. The molecule has 8 heteroatoms. The lowest BCUT2D eigenvalue weighted by molar-refractivity contribution is -0.139. The summed E-state index contributed by atoms with van der Waals surface area (Å²) in [5.74, 6) is -2.10. The fourth-order valence-electron chi connectivity index (χ4n) is 1.53. The van der Waals surface area contributed by atoms with Gasteiger partial charge in [0.05, 0.1) is 0 Å². The molecule has 0 aromatic rings. The molecule has 1 saturated heterocycles. The van der Waals surface area contributed by atoms with Crippen molar-refractivity contribution in [1.29, 1.82) is 0 Å². The Morgan fingerprint density at radius 2 is 2.17 bits per heavy atom. The lowest BCUT2D eigenvalue weighted by atomic mass is 10.1. The van der Waals surface area contributed by atoms with Crippen molar-refractivity contribution in [1.82, 2.24) is 16.0 Å². The van der Waals surface area contributed by atoms with E-state index in [1.165, 1.54) is 0 Å². The minimum atomic E-state index is -1.14. The molecule has 2 atom stereocenters. The molecule has 1 fully saturated rings. The first-order chi connectivity index (χ1) is 8.43. The van der Waals surface area contributed by atoms with Crippen LogP contribution in [0.15, 0.2) is 0 Å². The molecule has 1 aliphatic heterocycles. The van der Waals surface area contributed by atoms with Crippen molar-refractivity contribution < 1.29 is 24.3 Å². The van der Waals surface area contributed by atoms with Crippen molar-refractivity contribution in [3.8, 4) is 0 Å². The molecular formula is C10H15N3O5. The zero-order chi connectivity index (χ0) is 13.7. The fourth-order valence-corrected chi connectivity index (χ4v) is 1.53. The van der Waals surface area contributed by atoms with E-state index in [9.17, 15) is 19.2 Å². The number of hydrogen-bond donors (Lipinski definition) is 4. The summed E-state index contributed by atoms with van der Waals surface area (Å²) in [4.78, 5) is 44.4. The van der Waals surface area contributed by atoms with Crippen LogP contribution in [-0.4, -0.2) is 41.0 Å². The van der Waals surface area contributed by atoms with Gasteiger partial charge in [-0.25, -0.2) is 9.59 Å². The second kappa shape index (κ2) is 5.99. The number of hydrogen-bond acceptors (Lipinski definition) is 4. The van der Waals surface area contributed by atoms with Crippen molar-refractivity contribution in [2.24, 2.45) is 0 Å². The van der Waals surface area contributed by atoms with Crippen LogP contribution in [0.5, 0.6) is 0 Å². The fraction of sp³-hybridized carbons (Fsp3) is 0.600. The molecule has 4 amide bonds. The predicted octanol–water partition coefficient (Wildman–Crippen LogP) is -1.05. The first-order valence-electron chi connectivity index (χ1n) is 5.57. The van der Waals surface area contributed by atoms with Crippen LogP contribution in [0.1, 0.15) is 26.2 Å². The zero-order valence-electron chi connectivity index (χ0n) is 9.86. The Kier molecular flexibility index (Phi) is 4.64. The van der Waals surface area contributed by atoms with Gasteiger partial charge in [-0.15, -0.1) is 0 Å². The van der Waals surface area contributed by atoms with E-state index in [0.717, 1.165) is 0 Å². The first kappa shape index (κ1) is 13.9. The van der Waals surface area contributed by atoms with Gasteiger partial charge >= 0.3 is 12.0 Å². The van der Waals surface area contributed by atoms with E-state index in [1.54, 1.807) is 6.92 Å². The third-order valence-electron chi connectivity index (χ3n) is 2.56. The minimum absolute atomic E-state index is 0.146. The summed E-state index contributed by atoms with van der Waals surface area (Å²) >= 11 is 0. The van der Waals surface area contributed by atoms with Gasteiger partial charge in [0.1, 0.15) is 12.1 Å². The Bertz CT molecular complexity index is 382. The molecule has 1 aliphatic rings. The van der Waals surface area contributed by atoms with E-state index in [4.69, 9.17) is 5.11 Å². The standard InChI is InChI=1S/C10H15N3O5/c1-2-5(9(16)17)11-10(18)12-6-3-4-7(14)13-8(6)15/h5-6H,2-4H2,1H3,(H,16,17)(H2,11,12,18)(H,13,14,15). The predicted molar refractivity (Wildman–Crippen MR) is 59.6 cm³/mol. The molecule has 18 heavy (non-hydrogen) atoms. The minimum Gasteiger partial charge on any atom is -0.480 e. The normalized spacial score (nSPS) is 20.8. The van der Waals surface area contributed by atoms with Crippen LogP contribution < -0.4 is 16.0 Å². The van der Waals surface area contributed by atoms with Crippen molar-refractivity contribution in [2.45, 2.75) is 38.3 Å². The molecular weight excluding hydrogens is 242 g/mol. The van der Waals surface area contributed by atoms with Crippen molar-refractivity contribution in [3.05, 3.63) is 0 Å². The number of amides is 4. The number of imide groups is 1. The maximum absolute atomic E-state index is 11.5. The van der Waals surface area contributed by atoms with Crippen molar-refractivity contribution in [3.63, 3.8) is 0 Å². The summed E-state index contributed by atoms with van der Waals surface area (Å²) in [6.07, 6.45) is 0.590. The molecule has 0 spiro atoms. The summed E-state index contributed by atoms with van der Waals surface area (Å²) in [6, 6.07) is -2.55. The number of carboxylic acid groups (broad SMARTS) is 1. The van der Waals surface area contributed by atoms with E-state index in [0.29, 0.717) is 0 Å². The Balaban J connectivity index is 2.47. The lowest BCUT2D eigenvalue weighted by Crippen LogP contribution is -2.56. The molecule has 100 valence electrons. The van der Waals surface area contributed by atoms with Crippen molar-refractivity contribution >= 4 is 23.8 Å². The van der Waals surface area contributed by atoms with Gasteiger partial charge in [-0.1, -0.05) is 6.92 Å². The summed E-state index contributed by atoms with van der Waals surface area (Å²) < 4.78 is 0. The second-order valence-electron chi connectivity index (χ2n) is 3.92. The number of rotatable bonds is 4. The highest BCUT2D eigenvalue weighted by atomic mass is 16.4. The van der Waals surface area contributed by atoms with Gasteiger partial charge in [0.15, 0.2) is 0 Å². The summed E-state index contributed by atoms with van der Waals surface area (Å²) in [7, 11) is 0. The monoisotopic (exact) mass is 257 g/mol. The molecule has 0 radical (unpaired) electrons. The van der Waals surface area contributed by atoms with Crippen LogP contribution in [0.3, 0.4) is 0 Å². The smallest absolute Gasteiger partial charge is 0.326 e. The second-order valence-corrected chi connectivity index (χ2v) is 3.92. The van der Waals surface area contributed by atoms with Gasteiger partial charge in [-0.3, -0.25) is 14.9 Å². The van der Waals surface area contributed by atoms with Crippen LogP contribution in [0.4, 0.5) is 4.79 Å². The number of urea groups is 1. The van der Waals surface area contributed by atoms with E-state index in [2.05, 4.69) is 16.0 Å². The summed E-state index contributed by atoms with van der Waals surface area (Å²) in [5, 5.41) is 15.4. The van der Waals surface area contributed by atoms with Crippen LogP contribution in [0.25, 0.3) is 0 Å². The average molecular weight is 257 g/mol. The van der Waals surface area contributed by atoms with E-state index < -0.39 is 30.0 Å². The SMILES string of the molecule is CCC(NC(=O)NC1CCC(=O)NC1=O)C(=O)O. The molecule has 8 nitrogen and oxygen atoms in total. The molecule has 0 aromatic heterocycles. The largest absolute Gasteiger partial charge is 0.480 e. The van der Waals surface area contributed by atoms with Gasteiger partial charge in [-0.05, 0) is 12.8 Å². The molecule has 4 N–H and O–H groups in total. The van der Waals surface area contributed by atoms with E-state index >= 15 is 0 Å². The maximum Gasteiger partial charge on any atom is 0.326 e.